The molecule has 0 spiro atoms. The summed E-state index contributed by atoms with van der Waals surface area (Å²) in [7, 11) is -1.85. The van der Waals surface area contributed by atoms with Crippen molar-refractivity contribution in [3.8, 4) is 5.75 Å². The van der Waals surface area contributed by atoms with E-state index in [2.05, 4.69) is 25.0 Å². The first kappa shape index (κ1) is 20.7. The van der Waals surface area contributed by atoms with E-state index in [1.807, 2.05) is 0 Å². The maximum atomic E-state index is 12.1. The van der Waals surface area contributed by atoms with Crippen molar-refractivity contribution in [1.82, 2.24) is 14.9 Å². The number of hydrogen-bond acceptors (Lipinski definition) is 8. The van der Waals surface area contributed by atoms with Gasteiger partial charge in [0.2, 0.25) is 15.2 Å². The van der Waals surface area contributed by atoms with Crippen LogP contribution in [0.4, 0.5) is 24.0 Å². The second-order valence-electron chi connectivity index (χ2n) is 4.80. The average Bonchev–Trinajstić information content (AvgIpc) is 3.00. The van der Waals surface area contributed by atoms with Crippen LogP contribution in [0.2, 0.25) is 0 Å². The van der Waals surface area contributed by atoms with Gasteiger partial charge in [-0.1, -0.05) is 23.1 Å². The van der Waals surface area contributed by atoms with Crippen LogP contribution in [0.25, 0.3) is 0 Å². The van der Waals surface area contributed by atoms with Crippen molar-refractivity contribution in [3.63, 3.8) is 0 Å². The lowest BCUT2D eigenvalue weighted by Crippen LogP contribution is -2.22. The van der Waals surface area contributed by atoms with Gasteiger partial charge in [0.1, 0.15) is 5.75 Å². The van der Waals surface area contributed by atoms with Gasteiger partial charge in [-0.15, -0.1) is 23.4 Å². The molecule has 0 aliphatic carbocycles. The van der Waals surface area contributed by atoms with Crippen molar-refractivity contribution in [3.05, 3.63) is 24.3 Å². The minimum Gasteiger partial charge on any atom is -0.406 e. The number of nitrogens with one attached hydrogen (secondary N) is 2. The van der Waals surface area contributed by atoms with Gasteiger partial charge in [-0.05, 0) is 37.7 Å². The van der Waals surface area contributed by atoms with Gasteiger partial charge in [0.15, 0.2) is 4.34 Å². The molecule has 0 radical (unpaired) electrons. The molecule has 0 atom stereocenters. The minimum atomic E-state index is -4.73. The summed E-state index contributed by atoms with van der Waals surface area (Å²) in [6.07, 6.45) is -4.26. The summed E-state index contributed by atoms with van der Waals surface area (Å²) >= 11 is 2.64. The molecule has 26 heavy (non-hydrogen) atoms. The lowest BCUT2D eigenvalue weighted by atomic mass is 10.3. The number of ether oxygens (including phenoxy) is 1. The third kappa shape index (κ3) is 7.35. The molecular formula is C13H15F3N4O3S3. The molecule has 0 aliphatic rings. The fourth-order valence-electron chi connectivity index (χ4n) is 1.69. The standard InChI is InChI=1S/C13H15F3N4O3S3/c1-17-26(21,22)8-2-7-24-12-20-19-11(25-12)18-9-3-5-10(6-4-9)23-13(14,15)16/h3-6,17H,2,7-8H2,1H3,(H,18,19). The van der Waals surface area contributed by atoms with Crippen molar-refractivity contribution in [2.24, 2.45) is 0 Å². The number of benzene rings is 1. The number of halogens is 3. The maximum Gasteiger partial charge on any atom is 0.573 e. The van der Waals surface area contributed by atoms with Crippen LogP contribution in [0.3, 0.4) is 0 Å². The SMILES string of the molecule is CNS(=O)(=O)CCCSc1nnc(Nc2ccc(OC(F)(F)F)cc2)s1. The Bertz CT molecular complexity index is 810. The molecule has 1 heterocycles. The number of alkyl halides is 3. The molecule has 1 aromatic carbocycles. The summed E-state index contributed by atoms with van der Waals surface area (Å²) in [5.74, 6) is 0.291. The summed E-state index contributed by atoms with van der Waals surface area (Å²) in [6, 6.07) is 5.24. The quantitative estimate of drug-likeness (QED) is 0.468. The second-order valence-corrected chi connectivity index (χ2v) is 9.16. The van der Waals surface area contributed by atoms with Crippen molar-refractivity contribution in [2.75, 3.05) is 23.9 Å². The van der Waals surface area contributed by atoms with Gasteiger partial charge in [-0.25, -0.2) is 13.1 Å². The summed E-state index contributed by atoms with van der Waals surface area (Å²) in [6.45, 7) is 0. The van der Waals surface area contributed by atoms with Gasteiger partial charge >= 0.3 is 6.36 Å². The van der Waals surface area contributed by atoms with Crippen LogP contribution in [0.1, 0.15) is 6.42 Å². The highest BCUT2D eigenvalue weighted by Gasteiger charge is 2.30. The zero-order chi connectivity index (χ0) is 19.2. The van der Waals surface area contributed by atoms with E-state index in [-0.39, 0.29) is 11.5 Å². The van der Waals surface area contributed by atoms with E-state index in [1.165, 1.54) is 54.4 Å². The average molecular weight is 428 g/mol. The molecule has 144 valence electrons. The summed E-state index contributed by atoms with van der Waals surface area (Å²) in [4.78, 5) is 0. The number of thioether (sulfide) groups is 1. The maximum absolute atomic E-state index is 12.1. The summed E-state index contributed by atoms with van der Waals surface area (Å²) in [5.41, 5.74) is 0.535. The van der Waals surface area contributed by atoms with Crippen LogP contribution >= 0.6 is 23.1 Å². The zero-order valence-corrected chi connectivity index (χ0v) is 15.9. The Balaban J connectivity index is 1.82. The van der Waals surface area contributed by atoms with Crippen LogP contribution < -0.4 is 14.8 Å². The monoisotopic (exact) mass is 428 g/mol. The molecule has 2 aromatic rings. The van der Waals surface area contributed by atoms with E-state index in [1.54, 1.807) is 0 Å². The number of sulfonamides is 1. The molecule has 0 unspecified atom stereocenters. The number of rotatable bonds is 9. The van der Waals surface area contributed by atoms with Crippen LogP contribution in [-0.4, -0.2) is 43.5 Å². The predicted octanol–water partition coefficient (Wildman–Crippen LogP) is 3.21. The first-order valence-electron chi connectivity index (χ1n) is 7.17. The molecule has 0 aliphatic heterocycles. The lowest BCUT2D eigenvalue weighted by molar-refractivity contribution is -0.274. The number of aromatic nitrogens is 2. The van der Waals surface area contributed by atoms with Crippen LogP contribution in [0.5, 0.6) is 5.75 Å². The largest absolute Gasteiger partial charge is 0.573 e. The number of anilines is 2. The summed E-state index contributed by atoms with van der Waals surface area (Å²) < 4.78 is 65.6. The molecule has 0 amide bonds. The Labute approximate surface area is 156 Å². The molecule has 0 saturated carbocycles. The van der Waals surface area contributed by atoms with Crippen molar-refractivity contribution < 1.29 is 26.3 Å². The van der Waals surface area contributed by atoms with E-state index < -0.39 is 16.4 Å². The van der Waals surface area contributed by atoms with E-state index in [0.717, 1.165) is 0 Å². The Hall–Kier alpha value is -1.57. The van der Waals surface area contributed by atoms with Gasteiger partial charge in [-0.2, -0.15) is 0 Å². The van der Waals surface area contributed by atoms with Gasteiger partial charge < -0.3 is 10.1 Å². The molecule has 2 rings (SSSR count). The van der Waals surface area contributed by atoms with Crippen molar-refractivity contribution >= 4 is 43.9 Å². The third-order valence-corrected chi connectivity index (χ3v) is 6.35. The fourth-order valence-corrected chi connectivity index (χ4v) is 4.39. The number of nitrogens with zero attached hydrogens (tertiary/aromatic N) is 2. The Kier molecular flexibility index (Phi) is 7.08. The lowest BCUT2D eigenvalue weighted by Gasteiger charge is -2.09. The van der Waals surface area contributed by atoms with Gasteiger partial charge in [0, 0.05) is 11.4 Å². The molecule has 2 N–H and O–H groups in total. The molecule has 7 nitrogen and oxygen atoms in total. The molecule has 1 aromatic heterocycles. The smallest absolute Gasteiger partial charge is 0.406 e. The first-order valence-corrected chi connectivity index (χ1v) is 10.6. The highest BCUT2D eigenvalue weighted by molar-refractivity contribution is 8.01. The van der Waals surface area contributed by atoms with Crippen molar-refractivity contribution in [1.29, 1.82) is 0 Å². The highest BCUT2D eigenvalue weighted by Crippen LogP contribution is 2.29. The Morgan fingerprint density at radius 2 is 1.92 bits per heavy atom. The molecule has 0 bridgehead atoms. The van der Waals surface area contributed by atoms with Gasteiger partial charge in [0.05, 0.1) is 5.75 Å². The normalized spacial score (nSPS) is 12.2. The van der Waals surface area contributed by atoms with Gasteiger partial charge in [-0.3, -0.25) is 0 Å². The molecule has 13 heteroatoms. The molecular weight excluding hydrogens is 413 g/mol. The van der Waals surface area contributed by atoms with Crippen molar-refractivity contribution in [2.45, 2.75) is 17.1 Å². The second kappa shape index (κ2) is 8.88. The molecule has 0 saturated heterocycles. The highest BCUT2D eigenvalue weighted by atomic mass is 32.2. The summed E-state index contributed by atoms with van der Waals surface area (Å²) in [5, 5.41) is 11.3. The predicted molar refractivity (Wildman–Crippen MR) is 94.5 cm³/mol. The number of hydrogen-bond donors (Lipinski definition) is 2. The Morgan fingerprint density at radius 3 is 2.54 bits per heavy atom. The minimum absolute atomic E-state index is 0.0345. The van der Waals surface area contributed by atoms with E-state index in [0.29, 0.717) is 27.3 Å². The van der Waals surface area contributed by atoms with E-state index >= 15 is 0 Å². The zero-order valence-electron chi connectivity index (χ0n) is 13.4. The van der Waals surface area contributed by atoms with Crippen LogP contribution in [0.15, 0.2) is 28.6 Å². The van der Waals surface area contributed by atoms with Crippen LogP contribution in [0, 0.1) is 0 Å². The Morgan fingerprint density at radius 1 is 1.23 bits per heavy atom. The topological polar surface area (TPSA) is 93.2 Å². The van der Waals surface area contributed by atoms with E-state index in [9.17, 15) is 21.6 Å². The van der Waals surface area contributed by atoms with Gasteiger partial charge in [0.25, 0.3) is 0 Å². The first-order chi connectivity index (χ1) is 12.2. The third-order valence-electron chi connectivity index (χ3n) is 2.84. The molecule has 0 fully saturated rings. The fraction of sp³-hybridized carbons (Fsp3) is 0.385. The van der Waals surface area contributed by atoms with E-state index in [4.69, 9.17) is 0 Å². The van der Waals surface area contributed by atoms with Crippen LogP contribution in [-0.2, 0) is 10.0 Å².